The molecule has 0 bridgehead atoms. The molecule has 4 heteroatoms. The van der Waals surface area contributed by atoms with Gasteiger partial charge in [0, 0.05) is 28.1 Å². The summed E-state index contributed by atoms with van der Waals surface area (Å²) in [6.45, 7) is 7.41. The Labute approximate surface area is 129 Å². The molecule has 0 aliphatic heterocycles. The lowest BCUT2D eigenvalue weighted by molar-refractivity contribution is 0.0384. The van der Waals surface area contributed by atoms with E-state index in [4.69, 9.17) is 11.6 Å². The van der Waals surface area contributed by atoms with Gasteiger partial charge in [-0.2, -0.15) is 0 Å². The van der Waals surface area contributed by atoms with Crippen LogP contribution in [-0.4, -0.2) is 17.3 Å². The van der Waals surface area contributed by atoms with Gasteiger partial charge in [0.15, 0.2) is 0 Å². The average molecular weight is 312 g/mol. The lowest BCUT2D eigenvalue weighted by Gasteiger charge is -2.25. The molecule has 1 unspecified atom stereocenters. The Morgan fingerprint density at radius 3 is 2.70 bits per heavy atom. The zero-order valence-corrected chi connectivity index (χ0v) is 13.8. The third-order valence-corrected chi connectivity index (χ3v) is 4.96. The Morgan fingerprint density at radius 1 is 1.35 bits per heavy atom. The Hall–Kier alpha value is -0.610. The van der Waals surface area contributed by atoms with E-state index in [9.17, 15) is 5.11 Å². The van der Waals surface area contributed by atoms with Gasteiger partial charge in [0.05, 0.1) is 10.6 Å². The van der Waals surface area contributed by atoms with Crippen LogP contribution in [-0.2, 0) is 6.54 Å². The zero-order chi connectivity index (χ0) is 14.8. The standard InChI is InChI=1S/C16H22ClNOS/c1-11(2)8-16(3,19)10-18-9-14-15(17)12-6-4-5-7-13(12)20-14/h4-7,11,18-19H,8-10H2,1-3H3. The Morgan fingerprint density at radius 2 is 2.05 bits per heavy atom. The van der Waals surface area contributed by atoms with E-state index in [1.54, 1.807) is 11.3 Å². The molecule has 2 nitrogen and oxygen atoms in total. The van der Waals surface area contributed by atoms with Crippen LogP contribution in [0.15, 0.2) is 24.3 Å². The molecule has 0 aliphatic carbocycles. The van der Waals surface area contributed by atoms with E-state index in [0.717, 1.165) is 21.7 Å². The monoisotopic (exact) mass is 311 g/mol. The van der Waals surface area contributed by atoms with Crippen LogP contribution in [0.1, 0.15) is 32.1 Å². The predicted molar refractivity (Wildman–Crippen MR) is 88.6 cm³/mol. The molecule has 0 amide bonds. The largest absolute Gasteiger partial charge is 0.389 e. The number of nitrogens with one attached hydrogen (secondary N) is 1. The summed E-state index contributed by atoms with van der Waals surface area (Å²) in [6, 6.07) is 8.17. The smallest absolute Gasteiger partial charge is 0.0746 e. The van der Waals surface area contributed by atoms with Crippen LogP contribution in [0.2, 0.25) is 5.02 Å². The van der Waals surface area contributed by atoms with Crippen LogP contribution >= 0.6 is 22.9 Å². The minimum Gasteiger partial charge on any atom is -0.389 e. The second-order valence-electron chi connectivity index (χ2n) is 6.03. The highest BCUT2D eigenvalue weighted by atomic mass is 35.5. The number of benzene rings is 1. The molecule has 0 radical (unpaired) electrons. The molecule has 0 aliphatic rings. The molecule has 0 saturated heterocycles. The van der Waals surface area contributed by atoms with Gasteiger partial charge in [-0.05, 0) is 25.3 Å². The van der Waals surface area contributed by atoms with E-state index in [1.165, 1.54) is 4.70 Å². The Bertz CT molecular complexity index is 577. The zero-order valence-electron chi connectivity index (χ0n) is 12.2. The second-order valence-corrected chi connectivity index (χ2v) is 7.55. The van der Waals surface area contributed by atoms with Crippen LogP contribution in [0, 0.1) is 5.92 Å². The molecule has 1 heterocycles. The SMILES string of the molecule is CC(C)CC(C)(O)CNCc1sc2ccccc2c1Cl. The molecule has 2 N–H and O–H groups in total. The third kappa shape index (κ3) is 3.95. The van der Waals surface area contributed by atoms with E-state index in [1.807, 2.05) is 25.1 Å². The van der Waals surface area contributed by atoms with Crippen molar-refractivity contribution in [2.75, 3.05) is 6.54 Å². The van der Waals surface area contributed by atoms with Crippen molar-refractivity contribution in [1.29, 1.82) is 0 Å². The van der Waals surface area contributed by atoms with Gasteiger partial charge in [-0.15, -0.1) is 11.3 Å². The first-order valence-electron chi connectivity index (χ1n) is 6.98. The summed E-state index contributed by atoms with van der Waals surface area (Å²) in [6.07, 6.45) is 0.792. The number of aliphatic hydroxyl groups is 1. The second kappa shape index (κ2) is 6.44. The number of halogens is 1. The number of hydrogen-bond acceptors (Lipinski definition) is 3. The van der Waals surface area contributed by atoms with Crippen molar-refractivity contribution in [2.24, 2.45) is 5.92 Å². The van der Waals surface area contributed by atoms with Crippen LogP contribution < -0.4 is 5.32 Å². The molecule has 1 aromatic heterocycles. The summed E-state index contributed by atoms with van der Waals surface area (Å²) < 4.78 is 1.21. The fourth-order valence-electron chi connectivity index (χ4n) is 2.58. The third-order valence-electron chi connectivity index (χ3n) is 3.24. The maximum atomic E-state index is 10.3. The highest BCUT2D eigenvalue weighted by Gasteiger charge is 2.21. The number of hydrogen-bond donors (Lipinski definition) is 2. The topological polar surface area (TPSA) is 32.3 Å². The van der Waals surface area contributed by atoms with Crippen LogP contribution in [0.25, 0.3) is 10.1 Å². The van der Waals surface area contributed by atoms with Gasteiger partial charge >= 0.3 is 0 Å². The fraction of sp³-hybridized carbons (Fsp3) is 0.500. The quantitative estimate of drug-likeness (QED) is 0.826. The van der Waals surface area contributed by atoms with Crippen molar-refractivity contribution >= 4 is 33.0 Å². The van der Waals surface area contributed by atoms with Gasteiger partial charge in [-0.3, -0.25) is 0 Å². The van der Waals surface area contributed by atoms with Crippen molar-refractivity contribution < 1.29 is 5.11 Å². The lowest BCUT2D eigenvalue weighted by Crippen LogP contribution is -2.38. The van der Waals surface area contributed by atoms with Crippen molar-refractivity contribution in [3.05, 3.63) is 34.2 Å². The first-order chi connectivity index (χ1) is 9.39. The first kappa shape index (κ1) is 15.8. The summed E-state index contributed by atoms with van der Waals surface area (Å²) in [4.78, 5) is 1.13. The maximum Gasteiger partial charge on any atom is 0.0746 e. The molecule has 0 spiro atoms. The molecule has 0 fully saturated rings. The summed E-state index contributed by atoms with van der Waals surface area (Å²) >= 11 is 8.11. The predicted octanol–water partition coefficient (Wildman–Crippen LogP) is 4.44. The number of rotatable bonds is 6. The van der Waals surface area contributed by atoms with E-state index in [-0.39, 0.29) is 0 Å². The van der Waals surface area contributed by atoms with Crippen molar-refractivity contribution in [3.8, 4) is 0 Å². The number of fused-ring (bicyclic) bond motifs is 1. The van der Waals surface area contributed by atoms with Crippen molar-refractivity contribution in [2.45, 2.75) is 39.3 Å². The number of thiophene rings is 1. The summed E-state index contributed by atoms with van der Waals surface area (Å²) in [7, 11) is 0. The fourth-order valence-corrected chi connectivity index (χ4v) is 4.04. The molecular formula is C16H22ClNOS. The van der Waals surface area contributed by atoms with Crippen LogP contribution in [0.3, 0.4) is 0 Å². The van der Waals surface area contributed by atoms with Gasteiger partial charge in [0.25, 0.3) is 0 Å². The Kier molecular flexibility index (Phi) is 5.08. The van der Waals surface area contributed by atoms with Crippen molar-refractivity contribution in [3.63, 3.8) is 0 Å². The van der Waals surface area contributed by atoms with Gasteiger partial charge in [0.2, 0.25) is 0 Å². The van der Waals surface area contributed by atoms with Gasteiger partial charge in [-0.1, -0.05) is 43.6 Å². The van der Waals surface area contributed by atoms with Crippen LogP contribution in [0.4, 0.5) is 0 Å². The summed E-state index contributed by atoms with van der Waals surface area (Å²) in [5.41, 5.74) is -0.669. The normalized spacial score (nSPS) is 14.9. The molecule has 110 valence electrons. The van der Waals surface area contributed by atoms with E-state index < -0.39 is 5.60 Å². The van der Waals surface area contributed by atoms with Gasteiger partial charge in [-0.25, -0.2) is 0 Å². The molecule has 20 heavy (non-hydrogen) atoms. The average Bonchev–Trinajstić information content (AvgIpc) is 2.65. The highest BCUT2D eigenvalue weighted by molar-refractivity contribution is 7.19. The molecular weight excluding hydrogens is 290 g/mol. The molecule has 1 aromatic carbocycles. The summed E-state index contributed by atoms with van der Waals surface area (Å²) in [5, 5.41) is 15.6. The molecule has 0 saturated carbocycles. The van der Waals surface area contributed by atoms with Gasteiger partial charge in [0.1, 0.15) is 0 Å². The minimum absolute atomic E-state index is 0.486. The van der Waals surface area contributed by atoms with Gasteiger partial charge < -0.3 is 10.4 Å². The summed E-state index contributed by atoms with van der Waals surface area (Å²) in [5.74, 6) is 0.486. The van der Waals surface area contributed by atoms with E-state index in [2.05, 4.69) is 25.2 Å². The van der Waals surface area contributed by atoms with Crippen molar-refractivity contribution in [1.82, 2.24) is 5.32 Å². The molecule has 2 aromatic rings. The molecule has 2 rings (SSSR count). The molecule has 1 atom stereocenters. The maximum absolute atomic E-state index is 10.3. The first-order valence-corrected chi connectivity index (χ1v) is 8.17. The Balaban J connectivity index is 1.98. The lowest BCUT2D eigenvalue weighted by atomic mass is 9.94. The highest BCUT2D eigenvalue weighted by Crippen LogP contribution is 2.35. The van der Waals surface area contributed by atoms with E-state index in [0.29, 0.717) is 19.0 Å². The van der Waals surface area contributed by atoms with Crippen LogP contribution in [0.5, 0.6) is 0 Å². The van der Waals surface area contributed by atoms with E-state index >= 15 is 0 Å². The minimum atomic E-state index is -0.669.